The Labute approximate surface area is 143 Å². The number of nitrogens with zero attached hydrogens (tertiary/aromatic N) is 1. The second kappa shape index (κ2) is 7.97. The molecule has 1 aliphatic heterocycles. The van der Waals surface area contributed by atoms with Gasteiger partial charge in [-0.3, -0.25) is 4.79 Å². The highest BCUT2D eigenvalue weighted by Crippen LogP contribution is 2.23. The second-order valence-corrected chi connectivity index (χ2v) is 6.25. The van der Waals surface area contributed by atoms with Gasteiger partial charge in [-0.05, 0) is 37.0 Å². The van der Waals surface area contributed by atoms with Gasteiger partial charge in [0, 0.05) is 19.6 Å². The van der Waals surface area contributed by atoms with E-state index in [9.17, 15) is 4.79 Å². The van der Waals surface area contributed by atoms with Crippen molar-refractivity contribution in [3.05, 3.63) is 65.7 Å². The minimum Gasteiger partial charge on any atom is -0.489 e. The molecule has 0 aliphatic carbocycles. The lowest BCUT2D eigenvalue weighted by Crippen LogP contribution is -2.39. The number of hydrogen-bond acceptors (Lipinski definition) is 3. The highest BCUT2D eigenvalue weighted by molar-refractivity contribution is 5.95. The fourth-order valence-corrected chi connectivity index (χ4v) is 3.14. The fraction of sp³-hybridized carbons (Fsp3) is 0.350. The van der Waals surface area contributed by atoms with Crippen molar-refractivity contribution in [2.24, 2.45) is 5.73 Å². The second-order valence-electron chi connectivity index (χ2n) is 6.25. The summed E-state index contributed by atoms with van der Waals surface area (Å²) in [6.45, 7) is 3.13. The lowest BCUT2D eigenvalue weighted by Gasteiger charge is -2.32. The Bertz CT molecular complexity index is 664. The Morgan fingerprint density at radius 3 is 2.42 bits per heavy atom. The lowest BCUT2D eigenvalue weighted by atomic mass is 10.1. The van der Waals surface area contributed by atoms with E-state index in [1.165, 1.54) is 5.56 Å². The van der Waals surface area contributed by atoms with Crippen molar-refractivity contribution in [2.45, 2.75) is 25.4 Å². The highest BCUT2D eigenvalue weighted by Gasteiger charge is 2.21. The smallest absolute Gasteiger partial charge is 0.252 e. The van der Waals surface area contributed by atoms with Gasteiger partial charge in [-0.15, -0.1) is 0 Å². The molecule has 0 radical (unpaired) electrons. The number of carbonyl (C=O) groups excluding carboxylic acids is 1. The molecule has 0 bridgehead atoms. The van der Waals surface area contributed by atoms with Gasteiger partial charge in [0.15, 0.2) is 0 Å². The standard InChI is InChI=1S/C20H24N2O2/c21-20(23)18-8-4-5-9-19(18)24-17-11-14-22(15-12-17)13-10-16-6-2-1-3-7-16/h1-9,17H,10-15H2,(H2,21,23). The van der Waals surface area contributed by atoms with Gasteiger partial charge in [0.1, 0.15) is 11.9 Å². The average Bonchev–Trinajstić information content (AvgIpc) is 2.62. The SMILES string of the molecule is NC(=O)c1ccccc1OC1CCN(CCc2ccccc2)CC1. The van der Waals surface area contributed by atoms with Gasteiger partial charge >= 0.3 is 0 Å². The Morgan fingerprint density at radius 1 is 1.04 bits per heavy atom. The molecule has 4 nitrogen and oxygen atoms in total. The highest BCUT2D eigenvalue weighted by atomic mass is 16.5. The normalized spacial score (nSPS) is 16.0. The van der Waals surface area contributed by atoms with Crippen molar-refractivity contribution in [3.63, 3.8) is 0 Å². The maximum atomic E-state index is 11.5. The third-order valence-electron chi connectivity index (χ3n) is 4.54. The van der Waals surface area contributed by atoms with E-state index in [0.717, 1.165) is 38.9 Å². The third kappa shape index (κ3) is 4.36. The molecule has 3 rings (SSSR count). The number of primary amides is 1. The van der Waals surface area contributed by atoms with Crippen LogP contribution >= 0.6 is 0 Å². The molecular weight excluding hydrogens is 300 g/mol. The molecule has 1 heterocycles. The Morgan fingerprint density at radius 2 is 1.71 bits per heavy atom. The number of benzene rings is 2. The molecule has 1 fully saturated rings. The van der Waals surface area contributed by atoms with Crippen LogP contribution in [0.3, 0.4) is 0 Å². The molecular formula is C20H24N2O2. The first kappa shape index (κ1) is 16.5. The number of ether oxygens (including phenoxy) is 1. The van der Waals surface area contributed by atoms with Gasteiger partial charge in [-0.25, -0.2) is 0 Å². The van der Waals surface area contributed by atoms with E-state index >= 15 is 0 Å². The van der Waals surface area contributed by atoms with Crippen LogP contribution in [0.25, 0.3) is 0 Å². The fourth-order valence-electron chi connectivity index (χ4n) is 3.14. The molecule has 2 N–H and O–H groups in total. The molecule has 0 aromatic heterocycles. The quantitative estimate of drug-likeness (QED) is 0.889. The Balaban J connectivity index is 1.48. The van der Waals surface area contributed by atoms with Gasteiger partial charge in [0.05, 0.1) is 5.56 Å². The maximum Gasteiger partial charge on any atom is 0.252 e. The van der Waals surface area contributed by atoms with Gasteiger partial charge in [-0.1, -0.05) is 42.5 Å². The molecule has 0 spiro atoms. The molecule has 126 valence electrons. The largest absolute Gasteiger partial charge is 0.489 e. The Kier molecular flexibility index (Phi) is 5.49. The van der Waals surface area contributed by atoms with Crippen LogP contribution in [0.4, 0.5) is 0 Å². The van der Waals surface area contributed by atoms with Crippen molar-refractivity contribution in [1.29, 1.82) is 0 Å². The minimum atomic E-state index is -0.439. The van der Waals surface area contributed by atoms with E-state index in [1.54, 1.807) is 12.1 Å². The van der Waals surface area contributed by atoms with Crippen LogP contribution in [0, 0.1) is 0 Å². The van der Waals surface area contributed by atoms with E-state index in [0.29, 0.717) is 11.3 Å². The molecule has 0 atom stereocenters. The first-order chi connectivity index (χ1) is 11.7. The molecule has 2 aromatic rings. The number of likely N-dealkylation sites (tertiary alicyclic amines) is 1. The van der Waals surface area contributed by atoms with Gasteiger partial charge in [0.25, 0.3) is 5.91 Å². The zero-order valence-electron chi connectivity index (χ0n) is 13.9. The van der Waals surface area contributed by atoms with E-state index in [-0.39, 0.29) is 6.10 Å². The van der Waals surface area contributed by atoms with Crippen LogP contribution in [0.15, 0.2) is 54.6 Å². The van der Waals surface area contributed by atoms with E-state index in [4.69, 9.17) is 10.5 Å². The van der Waals surface area contributed by atoms with Crippen molar-refractivity contribution >= 4 is 5.91 Å². The maximum absolute atomic E-state index is 11.5. The van der Waals surface area contributed by atoms with Gasteiger partial charge in [-0.2, -0.15) is 0 Å². The number of nitrogens with two attached hydrogens (primary N) is 1. The summed E-state index contributed by atoms with van der Waals surface area (Å²) in [7, 11) is 0. The molecule has 1 amide bonds. The number of rotatable bonds is 6. The van der Waals surface area contributed by atoms with Crippen molar-refractivity contribution < 1.29 is 9.53 Å². The molecule has 24 heavy (non-hydrogen) atoms. The number of carbonyl (C=O) groups is 1. The first-order valence-corrected chi connectivity index (χ1v) is 8.54. The predicted octanol–water partition coefficient (Wildman–Crippen LogP) is 2.87. The number of para-hydroxylation sites is 1. The summed E-state index contributed by atoms with van der Waals surface area (Å²) in [5, 5.41) is 0. The third-order valence-corrected chi connectivity index (χ3v) is 4.54. The van der Waals surface area contributed by atoms with Gasteiger partial charge < -0.3 is 15.4 Å². The Hall–Kier alpha value is -2.33. The summed E-state index contributed by atoms with van der Waals surface area (Å²) in [6, 6.07) is 17.8. The van der Waals surface area contributed by atoms with Crippen LogP contribution in [0.5, 0.6) is 5.75 Å². The molecule has 1 aliphatic rings. The summed E-state index contributed by atoms with van der Waals surface area (Å²) in [4.78, 5) is 13.9. The van der Waals surface area contributed by atoms with Crippen LogP contribution in [0.1, 0.15) is 28.8 Å². The van der Waals surface area contributed by atoms with Crippen molar-refractivity contribution in [1.82, 2.24) is 4.90 Å². The van der Waals surface area contributed by atoms with Crippen LogP contribution in [-0.4, -0.2) is 36.5 Å². The van der Waals surface area contributed by atoms with Crippen LogP contribution < -0.4 is 10.5 Å². The topological polar surface area (TPSA) is 55.6 Å². The molecule has 4 heteroatoms. The summed E-state index contributed by atoms with van der Waals surface area (Å²) >= 11 is 0. The number of piperidine rings is 1. The summed E-state index contributed by atoms with van der Waals surface area (Å²) < 4.78 is 6.03. The van der Waals surface area contributed by atoms with Crippen LogP contribution in [0.2, 0.25) is 0 Å². The zero-order chi connectivity index (χ0) is 16.8. The summed E-state index contributed by atoms with van der Waals surface area (Å²) in [5.74, 6) is 0.165. The molecule has 0 unspecified atom stereocenters. The van der Waals surface area contributed by atoms with E-state index in [2.05, 4.69) is 35.2 Å². The number of hydrogen-bond donors (Lipinski definition) is 1. The van der Waals surface area contributed by atoms with Crippen LogP contribution in [-0.2, 0) is 6.42 Å². The minimum absolute atomic E-state index is 0.151. The summed E-state index contributed by atoms with van der Waals surface area (Å²) in [6.07, 6.45) is 3.18. The monoisotopic (exact) mass is 324 g/mol. The van der Waals surface area contributed by atoms with Crippen molar-refractivity contribution in [3.8, 4) is 5.75 Å². The summed E-state index contributed by atoms with van der Waals surface area (Å²) in [5.41, 5.74) is 7.25. The number of amides is 1. The average molecular weight is 324 g/mol. The molecule has 2 aromatic carbocycles. The first-order valence-electron chi connectivity index (χ1n) is 8.54. The van der Waals surface area contributed by atoms with E-state index in [1.807, 2.05) is 12.1 Å². The zero-order valence-corrected chi connectivity index (χ0v) is 13.9. The van der Waals surface area contributed by atoms with Gasteiger partial charge in [0.2, 0.25) is 0 Å². The van der Waals surface area contributed by atoms with Crippen molar-refractivity contribution in [2.75, 3.05) is 19.6 Å². The lowest BCUT2D eigenvalue weighted by molar-refractivity contribution is 0.0939. The molecule has 1 saturated heterocycles. The molecule has 0 saturated carbocycles. The van der Waals surface area contributed by atoms with E-state index < -0.39 is 5.91 Å². The predicted molar refractivity (Wildman–Crippen MR) is 95.2 cm³/mol.